The molecule has 0 N–H and O–H groups in total. The molecule has 11 heavy (non-hydrogen) atoms. The van der Waals surface area contributed by atoms with Gasteiger partial charge in [0.1, 0.15) is 0 Å². The van der Waals surface area contributed by atoms with Crippen molar-refractivity contribution in [3.63, 3.8) is 0 Å². The third-order valence-corrected chi connectivity index (χ3v) is 3.87. The maximum atomic E-state index is 2.29. The zero-order valence-electron chi connectivity index (χ0n) is 7.08. The van der Waals surface area contributed by atoms with Gasteiger partial charge < -0.3 is 0 Å². The Balaban J connectivity index is 2.39. The molecule has 60 valence electrons. The molecule has 0 saturated heterocycles. The summed E-state index contributed by atoms with van der Waals surface area (Å²) in [6.45, 7) is 4.59. The first-order valence-corrected chi connectivity index (χ1v) is 6.14. The molecular weight excluding hydrogens is 199 g/mol. The third kappa shape index (κ3) is 3.59. The Morgan fingerprint density at radius 1 is 1.18 bits per heavy atom. The zero-order valence-corrected chi connectivity index (χ0v) is 8.79. The quantitative estimate of drug-likeness (QED) is 0.677. The molecule has 1 rings (SSSR count). The first-order valence-electron chi connectivity index (χ1n) is 3.94. The molecule has 0 fully saturated rings. The monoisotopic (exact) mass is 214 g/mol. The SMILES string of the molecule is CC(C)[Se]Cc1ccccc1. The van der Waals surface area contributed by atoms with Crippen LogP contribution in [0, 0.1) is 0 Å². The molecule has 0 bridgehead atoms. The van der Waals surface area contributed by atoms with Gasteiger partial charge in [0.2, 0.25) is 0 Å². The second-order valence-electron chi connectivity index (χ2n) is 2.85. The van der Waals surface area contributed by atoms with Crippen molar-refractivity contribution in [2.24, 2.45) is 0 Å². The van der Waals surface area contributed by atoms with Crippen molar-refractivity contribution in [2.75, 3.05) is 0 Å². The summed E-state index contributed by atoms with van der Waals surface area (Å²) in [4.78, 5) is 0.878. The van der Waals surface area contributed by atoms with E-state index < -0.39 is 0 Å². The summed E-state index contributed by atoms with van der Waals surface area (Å²) in [7, 11) is 0. The van der Waals surface area contributed by atoms with Gasteiger partial charge in [-0.1, -0.05) is 0 Å². The van der Waals surface area contributed by atoms with Crippen molar-refractivity contribution in [3.05, 3.63) is 35.9 Å². The molecule has 0 saturated carbocycles. The van der Waals surface area contributed by atoms with Gasteiger partial charge in [-0.15, -0.1) is 0 Å². The van der Waals surface area contributed by atoms with Crippen LogP contribution in [0.5, 0.6) is 0 Å². The molecule has 1 aromatic carbocycles. The van der Waals surface area contributed by atoms with Crippen LogP contribution in [-0.4, -0.2) is 15.0 Å². The van der Waals surface area contributed by atoms with E-state index in [2.05, 4.69) is 44.2 Å². The molecule has 0 aliphatic carbocycles. The Morgan fingerprint density at radius 3 is 2.36 bits per heavy atom. The molecule has 0 radical (unpaired) electrons. The van der Waals surface area contributed by atoms with Crippen LogP contribution in [-0.2, 0) is 5.32 Å². The van der Waals surface area contributed by atoms with E-state index >= 15 is 0 Å². The van der Waals surface area contributed by atoms with Gasteiger partial charge >= 0.3 is 74.8 Å². The van der Waals surface area contributed by atoms with Crippen LogP contribution in [0.25, 0.3) is 0 Å². The van der Waals surface area contributed by atoms with E-state index in [1.54, 1.807) is 0 Å². The van der Waals surface area contributed by atoms with Crippen molar-refractivity contribution in [1.82, 2.24) is 0 Å². The van der Waals surface area contributed by atoms with Crippen LogP contribution in [0.2, 0.25) is 4.82 Å². The first kappa shape index (κ1) is 8.83. The topological polar surface area (TPSA) is 0 Å². The standard InChI is InChI=1S/C10H14Se/c1-9(2)11-8-10-6-4-3-5-7-10/h3-7,9H,8H2,1-2H3. The average molecular weight is 213 g/mol. The molecule has 0 atom stereocenters. The Bertz CT molecular complexity index is 191. The Labute approximate surface area is 75.2 Å². The van der Waals surface area contributed by atoms with Gasteiger partial charge in [-0.05, 0) is 0 Å². The summed E-state index contributed by atoms with van der Waals surface area (Å²) >= 11 is 0.779. The van der Waals surface area contributed by atoms with E-state index in [9.17, 15) is 0 Å². The number of rotatable bonds is 3. The van der Waals surface area contributed by atoms with Crippen molar-refractivity contribution < 1.29 is 0 Å². The van der Waals surface area contributed by atoms with Gasteiger partial charge in [-0.2, -0.15) is 0 Å². The maximum absolute atomic E-state index is 2.29. The van der Waals surface area contributed by atoms with Crippen molar-refractivity contribution >= 4 is 15.0 Å². The predicted molar refractivity (Wildman–Crippen MR) is 51.0 cm³/mol. The Kier molecular flexibility index (Phi) is 3.68. The molecule has 0 aliphatic heterocycles. The number of hydrogen-bond acceptors (Lipinski definition) is 0. The van der Waals surface area contributed by atoms with Crippen LogP contribution in [0.3, 0.4) is 0 Å². The van der Waals surface area contributed by atoms with Crippen LogP contribution in [0.15, 0.2) is 30.3 Å². The van der Waals surface area contributed by atoms with E-state index in [0.29, 0.717) is 0 Å². The molecule has 1 aromatic rings. The van der Waals surface area contributed by atoms with Gasteiger partial charge in [0.05, 0.1) is 0 Å². The number of benzene rings is 1. The van der Waals surface area contributed by atoms with E-state index in [0.717, 1.165) is 19.8 Å². The van der Waals surface area contributed by atoms with E-state index in [1.165, 1.54) is 10.9 Å². The fourth-order valence-electron chi connectivity index (χ4n) is 0.837. The molecule has 0 heterocycles. The second kappa shape index (κ2) is 4.58. The summed E-state index contributed by atoms with van der Waals surface area (Å²) in [5.74, 6) is 0. The zero-order chi connectivity index (χ0) is 8.10. The molecule has 0 amide bonds. The molecule has 0 nitrogen and oxygen atoms in total. The fourth-order valence-corrected chi connectivity index (χ4v) is 2.34. The average Bonchev–Trinajstić information content (AvgIpc) is 2.03. The van der Waals surface area contributed by atoms with Crippen molar-refractivity contribution in [1.29, 1.82) is 0 Å². The van der Waals surface area contributed by atoms with Crippen LogP contribution >= 0.6 is 0 Å². The fraction of sp³-hybridized carbons (Fsp3) is 0.400. The summed E-state index contributed by atoms with van der Waals surface area (Å²) < 4.78 is 0. The van der Waals surface area contributed by atoms with Gasteiger partial charge in [0.15, 0.2) is 0 Å². The van der Waals surface area contributed by atoms with E-state index in [4.69, 9.17) is 0 Å². The molecule has 0 aliphatic rings. The van der Waals surface area contributed by atoms with Gasteiger partial charge in [0, 0.05) is 0 Å². The van der Waals surface area contributed by atoms with Crippen LogP contribution in [0.4, 0.5) is 0 Å². The third-order valence-electron chi connectivity index (χ3n) is 1.43. The minimum atomic E-state index is 0.779. The van der Waals surface area contributed by atoms with Crippen LogP contribution in [0.1, 0.15) is 19.4 Å². The summed E-state index contributed by atoms with van der Waals surface area (Å²) in [5.41, 5.74) is 1.49. The summed E-state index contributed by atoms with van der Waals surface area (Å²) in [5, 5.41) is 1.28. The van der Waals surface area contributed by atoms with Crippen molar-refractivity contribution in [3.8, 4) is 0 Å². The molecular formula is C10H14Se. The normalized spacial score (nSPS) is 10.5. The molecule has 0 unspecified atom stereocenters. The van der Waals surface area contributed by atoms with E-state index in [1.807, 2.05) is 0 Å². The number of hydrogen-bond donors (Lipinski definition) is 0. The summed E-state index contributed by atoms with van der Waals surface area (Å²) in [6, 6.07) is 10.7. The predicted octanol–water partition coefficient (Wildman–Crippen LogP) is 2.72. The minimum absolute atomic E-state index is 0.779. The molecule has 0 aromatic heterocycles. The summed E-state index contributed by atoms with van der Waals surface area (Å²) in [6.07, 6.45) is 0. The molecule has 1 heteroatoms. The van der Waals surface area contributed by atoms with Gasteiger partial charge in [-0.3, -0.25) is 0 Å². The van der Waals surface area contributed by atoms with Crippen LogP contribution < -0.4 is 0 Å². The Morgan fingerprint density at radius 2 is 1.82 bits per heavy atom. The van der Waals surface area contributed by atoms with E-state index in [-0.39, 0.29) is 0 Å². The second-order valence-corrected chi connectivity index (χ2v) is 6.13. The van der Waals surface area contributed by atoms with Gasteiger partial charge in [0.25, 0.3) is 0 Å². The van der Waals surface area contributed by atoms with Gasteiger partial charge in [-0.25, -0.2) is 0 Å². The Hall–Kier alpha value is -0.261. The molecule has 0 spiro atoms. The first-order chi connectivity index (χ1) is 5.29. The van der Waals surface area contributed by atoms with Crippen molar-refractivity contribution in [2.45, 2.75) is 24.0 Å².